The molecule has 0 aliphatic carbocycles. The van der Waals surface area contributed by atoms with Gasteiger partial charge < -0.3 is 14.5 Å². The quantitative estimate of drug-likeness (QED) is 0.898. The molecule has 1 saturated heterocycles. The molecule has 2 aromatic rings. The predicted molar refractivity (Wildman–Crippen MR) is 66.3 cm³/mol. The lowest BCUT2D eigenvalue weighted by atomic mass is 10.2. The van der Waals surface area contributed by atoms with Gasteiger partial charge in [-0.1, -0.05) is 0 Å². The van der Waals surface area contributed by atoms with E-state index in [1.807, 2.05) is 24.3 Å². The second-order valence-corrected chi connectivity index (χ2v) is 4.32. The second-order valence-electron chi connectivity index (χ2n) is 4.32. The molecule has 0 saturated carbocycles. The lowest BCUT2D eigenvalue weighted by molar-refractivity contribution is 0.414. The highest BCUT2D eigenvalue weighted by molar-refractivity contribution is 5.53. The molecule has 0 radical (unpaired) electrons. The third-order valence-electron chi connectivity index (χ3n) is 3.14. The van der Waals surface area contributed by atoms with Crippen molar-refractivity contribution in [2.45, 2.75) is 18.9 Å². The van der Waals surface area contributed by atoms with E-state index in [2.05, 4.69) is 15.5 Å². The summed E-state index contributed by atoms with van der Waals surface area (Å²) in [6.07, 6.45) is 2.22. The van der Waals surface area contributed by atoms with Crippen LogP contribution in [0.25, 0.3) is 11.5 Å². The normalized spacial score (nSPS) is 19.1. The number of nitrogens with one attached hydrogen (secondary N) is 1. The fourth-order valence-electron chi connectivity index (χ4n) is 2.12. The summed E-state index contributed by atoms with van der Waals surface area (Å²) in [6.45, 7) is 1.02. The van der Waals surface area contributed by atoms with Gasteiger partial charge in [0.05, 0.1) is 13.2 Å². The van der Waals surface area contributed by atoms with Crippen LogP contribution in [0.15, 0.2) is 28.7 Å². The molecule has 1 atom stereocenters. The number of hydrogen-bond acceptors (Lipinski definition) is 5. The standard InChI is InChI=1S/C13H15N3O2/c1-17-10-6-4-9(5-7-10)12-15-16-13(18-12)11-3-2-8-14-11/h4-7,11,14H,2-3,8H2,1H3/t11-/m0/s1. The maximum absolute atomic E-state index is 5.70. The van der Waals surface area contributed by atoms with Gasteiger partial charge in [0.1, 0.15) is 5.75 Å². The summed E-state index contributed by atoms with van der Waals surface area (Å²) >= 11 is 0. The van der Waals surface area contributed by atoms with Crippen molar-refractivity contribution in [3.63, 3.8) is 0 Å². The summed E-state index contributed by atoms with van der Waals surface area (Å²) in [5.41, 5.74) is 0.910. The molecule has 0 unspecified atom stereocenters. The summed E-state index contributed by atoms with van der Waals surface area (Å²) in [5.74, 6) is 2.05. The van der Waals surface area contributed by atoms with E-state index in [0.29, 0.717) is 11.8 Å². The number of ether oxygens (including phenoxy) is 1. The number of nitrogens with zero attached hydrogens (tertiary/aromatic N) is 2. The Morgan fingerprint density at radius 1 is 1.28 bits per heavy atom. The van der Waals surface area contributed by atoms with Crippen molar-refractivity contribution >= 4 is 0 Å². The largest absolute Gasteiger partial charge is 0.497 e. The van der Waals surface area contributed by atoms with E-state index in [4.69, 9.17) is 9.15 Å². The lowest BCUT2D eigenvalue weighted by Gasteiger charge is -2.02. The van der Waals surface area contributed by atoms with Gasteiger partial charge in [-0.05, 0) is 43.7 Å². The number of aromatic nitrogens is 2. The number of methoxy groups -OCH3 is 1. The first-order valence-electron chi connectivity index (χ1n) is 6.08. The van der Waals surface area contributed by atoms with Gasteiger partial charge in [-0.25, -0.2) is 0 Å². The van der Waals surface area contributed by atoms with Crippen LogP contribution in [0, 0.1) is 0 Å². The van der Waals surface area contributed by atoms with Crippen molar-refractivity contribution in [1.82, 2.24) is 15.5 Å². The van der Waals surface area contributed by atoms with Crippen LogP contribution < -0.4 is 10.1 Å². The Hall–Kier alpha value is -1.88. The third kappa shape index (κ3) is 2.09. The predicted octanol–water partition coefficient (Wildman–Crippen LogP) is 2.17. The monoisotopic (exact) mass is 245 g/mol. The molecule has 1 aromatic carbocycles. The molecule has 0 bridgehead atoms. The Kier molecular flexibility index (Phi) is 2.98. The Morgan fingerprint density at radius 3 is 2.78 bits per heavy atom. The summed E-state index contributed by atoms with van der Waals surface area (Å²) in [4.78, 5) is 0. The fraction of sp³-hybridized carbons (Fsp3) is 0.385. The van der Waals surface area contributed by atoms with Crippen molar-refractivity contribution in [3.8, 4) is 17.2 Å². The van der Waals surface area contributed by atoms with E-state index < -0.39 is 0 Å². The molecule has 5 nitrogen and oxygen atoms in total. The Morgan fingerprint density at radius 2 is 2.11 bits per heavy atom. The van der Waals surface area contributed by atoms with E-state index in [1.165, 1.54) is 0 Å². The highest BCUT2D eigenvalue weighted by Crippen LogP contribution is 2.26. The minimum atomic E-state index is 0.212. The molecule has 1 N–H and O–H groups in total. The summed E-state index contributed by atoms with van der Waals surface area (Å²) in [6, 6.07) is 7.81. The van der Waals surface area contributed by atoms with E-state index in [1.54, 1.807) is 7.11 Å². The molecule has 1 aromatic heterocycles. The SMILES string of the molecule is COc1ccc(-c2nnc([C@@H]3CCCN3)o2)cc1. The molecule has 1 aliphatic heterocycles. The zero-order valence-corrected chi connectivity index (χ0v) is 10.2. The van der Waals surface area contributed by atoms with Gasteiger partial charge in [0, 0.05) is 5.56 Å². The van der Waals surface area contributed by atoms with Crippen LogP contribution in [0.1, 0.15) is 24.8 Å². The molecule has 94 valence electrons. The van der Waals surface area contributed by atoms with Crippen LogP contribution in [0.2, 0.25) is 0 Å². The van der Waals surface area contributed by atoms with E-state index in [-0.39, 0.29) is 6.04 Å². The zero-order chi connectivity index (χ0) is 12.4. The highest BCUT2D eigenvalue weighted by Gasteiger charge is 2.22. The second kappa shape index (κ2) is 4.78. The van der Waals surface area contributed by atoms with Gasteiger partial charge in [0.15, 0.2) is 0 Å². The molecular formula is C13H15N3O2. The minimum Gasteiger partial charge on any atom is -0.497 e. The van der Waals surface area contributed by atoms with Gasteiger partial charge >= 0.3 is 0 Å². The number of hydrogen-bond donors (Lipinski definition) is 1. The average Bonchev–Trinajstić information content (AvgIpc) is 3.09. The first-order valence-corrected chi connectivity index (χ1v) is 6.08. The minimum absolute atomic E-state index is 0.212. The summed E-state index contributed by atoms with van der Waals surface area (Å²) in [5, 5.41) is 11.5. The van der Waals surface area contributed by atoms with Crippen molar-refractivity contribution in [2.24, 2.45) is 0 Å². The topological polar surface area (TPSA) is 60.2 Å². The number of rotatable bonds is 3. The molecule has 2 heterocycles. The fourth-order valence-corrected chi connectivity index (χ4v) is 2.12. The van der Waals surface area contributed by atoms with Crippen LogP contribution in [0.4, 0.5) is 0 Å². The van der Waals surface area contributed by atoms with E-state index in [0.717, 1.165) is 30.7 Å². The molecule has 18 heavy (non-hydrogen) atoms. The van der Waals surface area contributed by atoms with Gasteiger partial charge in [0.25, 0.3) is 0 Å². The molecule has 1 fully saturated rings. The first kappa shape index (κ1) is 11.2. The Balaban J connectivity index is 1.82. The maximum Gasteiger partial charge on any atom is 0.247 e. The molecule has 1 aliphatic rings. The van der Waals surface area contributed by atoms with Crippen molar-refractivity contribution < 1.29 is 9.15 Å². The lowest BCUT2D eigenvalue weighted by Crippen LogP contribution is -2.12. The van der Waals surface area contributed by atoms with E-state index >= 15 is 0 Å². The van der Waals surface area contributed by atoms with Crippen LogP contribution in [-0.4, -0.2) is 23.9 Å². The first-order chi connectivity index (χ1) is 8.86. The number of benzene rings is 1. The van der Waals surface area contributed by atoms with Crippen LogP contribution in [-0.2, 0) is 0 Å². The summed E-state index contributed by atoms with van der Waals surface area (Å²) in [7, 11) is 1.64. The maximum atomic E-state index is 5.70. The van der Waals surface area contributed by atoms with E-state index in [9.17, 15) is 0 Å². The third-order valence-corrected chi connectivity index (χ3v) is 3.14. The van der Waals surface area contributed by atoms with Crippen molar-refractivity contribution in [1.29, 1.82) is 0 Å². The Bertz CT molecular complexity index is 515. The van der Waals surface area contributed by atoms with Crippen molar-refractivity contribution in [2.75, 3.05) is 13.7 Å². The molecular weight excluding hydrogens is 230 g/mol. The summed E-state index contributed by atoms with van der Waals surface area (Å²) < 4.78 is 10.8. The van der Waals surface area contributed by atoms with Gasteiger partial charge in [-0.3, -0.25) is 0 Å². The van der Waals surface area contributed by atoms with Gasteiger partial charge in [0.2, 0.25) is 11.8 Å². The highest BCUT2D eigenvalue weighted by atomic mass is 16.5. The van der Waals surface area contributed by atoms with Gasteiger partial charge in [-0.2, -0.15) is 0 Å². The van der Waals surface area contributed by atoms with Gasteiger partial charge in [-0.15, -0.1) is 10.2 Å². The Labute approximate surface area is 105 Å². The van der Waals surface area contributed by atoms with Crippen LogP contribution >= 0.6 is 0 Å². The molecule has 3 rings (SSSR count). The molecule has 0 amide bonds. The van der Waals surface area contributed by atoms with Crippen LogP contribution in [0.3, 0.4) is 0 Å². The van der Waals surface area contributed by atoms with Crippen LogP contribution in [0.5, 0.6) is 5.75 Å². The molecule has 5 heteroatoms. The van der Waals surface area contributed by atoms with Crippen molar-refractivity contribution in [3.05, 3.63) is 30.2 Å². The average molecular weight is 245 g/mol. The zero-order valence-electron chi connectivity index (χ0n) is 10.2. The smallest absolute Gasteiger partial charge is 0.247 e. The molecule has 0 spiro atoms.